The predicted octanol–water partition coefficient (Wildman–Crippen LogP) is 3.91. The van der Waals surface area contributed by atoms with E-state index in [-0.39, 0.29) is 5.92 Å². The molecule has 0 unspecified atom stereocenters. The van der Waals surface area contributed by atoms with Crippen LogP contribution in [0.15, 0.2) is 24.7 Å². The first kappa shape index (κ1) is 19.9. The highest BCUT2D eigenvalue weighted by atomic mass is 19.4. The lowest BCUT2D eigenvalue weighted by Gasteiger charge is -2.16. The molecule has 3 aromatic rings. The molecule has 28 heavy (non-hydrogen) atoms. The number of amides is 1. The number of alkyl halides is 3. The van der Waals surface area contributed by atoms with Gasteiger partial charge in [-0.05, 0) is 12.0 Å². The molecule has 0 radical (unpaired) electrons. The van der Waals surface area contributed by atoms with Crippen LogP contribution < -0.4 is 0 Å². The van der Waals surface area contributed by atoms with Gasteiger partial charge >= 0.3 is 12.3 Å². The molecule has 3 aromatic heterocycles. The fourth-order valence-corrected chi connectivity index (χ4v) is 3.53. The topological polar surface area (TPSA) is 110 Å². The summed E-state index contributed by atoms with van der Waals surface area (Å²) in [7, 11) is 0. The number of nitrogens with one attached hydrogen (secondary N) is 2. The van der Waals surface area contributed by atoms with E-state index in [4.69, 9.17) is 5.73 Å². The van der Waals surface area contributed by atoms with Crippen molar-refractivity contribution in [3.05, 3.63) is 36.1 Å². The zero-order valence-corrected chi connectivity index (χ0v) is 15.1. The van der Waals surface area contributed by atoms with Crippen LogP contribution in [0.4, 0.5) is 18.0 Å². The molecule has 11 heteroatoms. The van der Waals surface area contributed by atoms with Crippen molar-refractivity contribution >= 4 is 22.9 Å². The fraction of sp³-hybridized carbons (Fsp3) is 0.471. The first-order valence-corrected chi connectivity index (χ1v) is 8.73. The number of imidazole rings is 1. The third-order valence-electron chi connectivity index (χ3n) is 4.89. The van der Waals surface area contributed by atoms with E-state index in [1.54, 1.807) is 6.20 Å². The van der Waals surface area contributed by atoms with Gasteiger partial charge in [-0.15, -0.1) is 0 Å². The van der Waals surface area contributed by atoms with Crippen molar-refractivity contribution in [2.75, 3.05) is 19.6 Å². The van der Waals surface area contributed by atoms with Crippen molar-refractivity contribution in [1.82, 2.24) is 24.3 Å². The van der Waals surface area contributed by atoms with Gasteiger partial charge in [-0.3, -0.25) is 4.40 Å². The first-order valence-electron chi connectivity index (χ1n) is 8.73. The maximum absolute atomic E-state index is 11.3. The number of nitrogens with zero attached hydrogens (tertiary/aromatic N) is 4. The van der Waals surface area contributed by atoms with Gasteiger partial charge in [0.05, 0.1) is 11.7 Å². The third-order valence-corrected chi connectivity index (χ3v) is 4.89. The summed E-state index contributed by atoms with van der Waals surface area (Å²) < 4.78 is 33.9. The van der Waals surface area contributed by atoms with Gasteiger partial charge in [0.2, 0.25) is 0 Å². The van der Waals surface area contributed by atoms with Gasteiger partial charge in [0.15, 0.2) is 11.3 Å². The molecule has 0 saturated carbocycles. The molecular formula is C17H20F3N6O2-. The lowest BCUT2D eigenvalue weighted by atomic mass is 9.91. The van der Waals surface area contributed by atoms with Gasteiger partial charge in [0.1, 0.15) is 0 Å². The SMILES string of the molecule is CC[C@H]1CN(C(=O)O)C[C@H]1c1cnc2cnc3[nH]ccc3n12.[NH-]CC(F)(F)F. The van der Waals surface area contributed by atoms with Crippen molar-refractivity contribution < 1.29 is 23.1 Å². The smallest absolute Gasteiger partial charge is 0.407 e. The minimum atomic E-state index is -4.29. The number of carboxylic acid groups (broad SMARTS) is 1. The summed E-state index contributed by atoms with van der Waals surface area (Å²) in [4.78, 5) is 24.7. The Balaban J connectivity index is 0.000000330. The number of hydrogen-bond acceptors (Lipinski definition) is 3. The zero-order valence-electron chi connectivity index (χ0n) is 15.1. The maximum atomic E-state index is 11.3. The Labute approximate surface area is 158 Å². The Hall–Kier alpha value is -2.82. The van der Waals surface area contributed by atoms with Gasteiger partial charge < -0.3 is 20.7 Å². The lowest BCUT2D eigenvalue weighted by molar-refractivity contribution is -0.112. The molecule has 2 atom stereocenters. The second-order valence-electron chi connectivity index (χ2n) is 6.60. The number of carbonyl (C=O) groups is 1. The summed E-state index contributed by atoms with van der Waals surface area (Å²) in [6.07, 6.45) is 1.28. The van der Waals surface area contributed by atoms with Crippen LogP contribution in [0.2, 0.25) is 0 Å². The average molecular weight is 397 g/mol. The van der Waals surface area contributed by atoms with Crippen LogP contribution in [0.25, 0.3) is 22.5 Å². The molecule has 4 heterocycles. The Kier molecular flexibility index (Phi) is 5.45. The Morgan fingerprint density at radius 2 is 2.07 bits per heavy atom. The quantitative estimate of drug-likeness (QED) is 0.683. The van der Waals surface area contributed by atoms with E-state index in [2.05, 4.69) is 26.3 Å². The summed E-state index contributed by atoms with van der Waals surface area (Å²) >= 11 is 0. The van der Waals surface area contributed by atoms with E-state index >= 15 is 0 Å². The largest absolute Gasteiger partial charge is 0.670 e. The molecule has 4 rings (SSSR count). The molecule has 0 spiro atoms. The molecular weight excluding hydrogens is 377 g/mol. The summed E-state index contributed by atoms with van der Waals surface area (Å²) in [5.41, 5.74) is 9.39. The van der Waals surface area contributed by atoms with E-state index in [1.807, 2.05) is 18.5 Å². The number of likely N-dealkylation sites (tertiary alicyclic amines) is 1. The monoisotopic (exact) mass is 397 g/mol. The van der Waals surface area contributed by atoms with E-state index in [0.29, 0.717) is 19.0 Å². The molecule has 1 aliphatic heterocycles. The summed E-state index contributed by atoms with van der Waals surface area (Å²) in [6, 6.07) is 1.98. The van der Waals surface area contributed by atoms with Gasteiger partial charge in [-0.25, -0.2) is 14.8 Å². The third kappa shape index (κ3) is 3.88. The van der Waals surface area contributed by atoms with E-state index < -0.39 is 18.8 Å². The number of hydrogen-bond donors (Lipinski definition) is 2. The molecule has 1 fully saturated rings. The predicted molar refractivity (Wildman–Crippen MR) is 96.2 cm³/mol. The van der Waals surface area contributed by atoms with Crippen molar-refractivity contribution in [1.29, 1.82) is 0 Å². The number of aromatic nitrogens is 4. The van der Waals surface area contributed by atoms with Gasteiger partial charge in [0.25, 0.3) is 0 Å². The average Bonchev–Trinajstić information content (AvgIpc) is 3.37. The molecule has 1 amide bonds. The second kappa shape index (κ2) is 7.66. The van der Waals surface area contributed by atoms with E-state index in [1.165, 1.54) is 4.90 Å². The Bertz CT molecular complexity index is 967. The fourth-order valence-electron chi connectivity index (χ4n) is 3.53. The number of rotatable bonds is 2. The van der Waals surface area contributed by atoms with Crippen LogP contribution in [-0.4, -0.2) is 61.3 Å². The second-order valence-corrected chi connectivity index (χ2v) is 6.60. The molecule has 152 valence electrons. The number of fused-ring (bicyclic) bond motifs is 3. The summed E-state index contributed by atoms with van der Waals surface area (Å²) in [6.45, 7) is 1.74. The normalized spacial score (nSPS) is 19.8. The van der Waals surface area contributed by atoms with Crippen LogP contribution in [0.1, 0.15) is 25.0 Å². The minimum absolute atomic E-state index is 0.164. The minimum Gasteiger partial charge on any atom is -0.670 e. The van der Waals surface area contributed by atoms with Crippen molar-refractivity contribution in [2.45, 2.75) is 25.4 Å². The summed E-state index contributed by atoms with van der Waals surface area (Å²) in [5.74, 6) is 0.481. The molecule has 0 bridgehead atoms. The summed E-state index contributed by atoms with van der Waals surface area (Å²) in [5, 5.41) is 9.28. The molecule has 8 nitrogen and oxygen atoms in total. The highest BCUT2D eigenvalue weighted by Crippen LogP contribution is 2.35. The Morgan fingerprint density at radius 3 is 2.68 bits per heavy atom. The molecule has 3 N–H and O–H groups in total. The highest BCUT2D eigenvalue weighted by molar-refractivity contribution is 5.74. The van der Waals surface area contributed by atoms with E-state index in [9.17, 15) is 23.1 Å². The first-order chi connectivity index (χ1) is 13.2. The zero-order chi connectivity index (χ0) is 20.5. The number of aromatic amines is 1. The molecule has 1 aliphatic rings. The van der Waals surface area contributed by atoms with Crippen molar-refractivity contribution in [3.8, 4) is 0 Å². The Morgan fingerprint density at radius 1 is 1.36 bits per heavy atom. The van der Waals surface area contributed by atoms with Crippen LogP contribution in [-0.2, 0) is 0 Å². The van der Waals surface area contributed by atoms with Gasteiger partial charge in [-0.2, -0.15) is 13.2 Å². The van der Waals surface area contributed by atoms with Crippen molar-refractivity contribution in [2.24, 2.45) is 5.92 Å². The van der Waals surface area contributed by atoms with Crippen molar-refractivity contribution in [3.63, 3.8) is 0 Å². The molecule has 0 aromatic carbocycles. The van der Waals surface area contributed by atoms with Crippen LogP contribution in [0, 0.1) is 5.92 Å². The van der Waals surface area contributed by atoms with Crippen LogP contribution in [0.3, 0.4) is 0 Å². The lowest BCUT2D eigenvalue weighted by Crippen LogP contribution is -2.26. The van der Waals surface area contributed by atoms with Crippen LogP contribution in [0.5, 0.6) is 0 Å². The van der Waals surface area contributed by atoms with Crippen LogP contribution >= 0.6 is 0 Å². The van der Waals surface area contributed by atoms with E-state index in [0.717, 1.165) is 28.9 Å². The van der Waals surface area contributed by atoms with Gasteiger partial charge in [0, 0.05) is 37.1 Å². The highest BCUT2D eigenvalue weighted by Gasteiger charge is 2.37. The van der Waals surface area contributed by atoms with Gasteiger partial charge in [-0.1, -0.05) is 19.9 Å². The molecule has 0 aliphatic carbocycles. The number of halogens is 3. The standard InChI is InChI=1S/C15H17N5O2.C2H3F3N/c1-2-9-7-19(15(21)22)8-10(9)12-5-17-13-6-18-14-11(20(12)13)3-4-16-14;3-2(4,5)1-6/h3-6,9-10,16H,2,7-8H2,1H3,(H,21,22);6H,1H2/q;-1/t9-,10+;/m0./s1. The number of H-pyrrole nitrogens is 1. The maximum Gasteiger partial charge on any atom is 0.407 e. The molecule has 1 saturated heterocycles.